The lowest BCUT2D eigenvalue weighted by Crippen LogP contribution is -2.13. The second-order valence-electron chi connectivity index (χ2n) is 3.93. The van der Waals surface area contributed by atoms with Gasteiger partial charge in [0.25, 0.3) is 5.91 Å². The first-order chi connectivity index (χ1) is 9.52. The highest BCUT2D eigenvalue weighted by atomic mass is 35.5. The normalized spacial score (nSPS) is 10.2. The summed E-state index contributed by atoms with van der Waals surface area (Å²) in [5.41, 5.74) is -0.176. The van der Waals surface area contributed by atoms with E-state index < -0.39 is 11.7 Å². The fraction of sp³-hybridized carbons (Fsp3) is 0.0714. The van der Waals surface area contributed by atoms with Crippen molar-refractivity contribution in [2.45, 2.75) is 0 Å². The molecule has 0 unspecified atom stereocenters. The van der Waals surface area contributed by atoms with E-state index in [1.807, 2.05) is 0 Å². The fourth-order valence-electron chi connectivity index (χ4n) is 1.62. The summed E-state index contributed by atoms with van der Waals surface area (Å²) in [6.45, 7) is 0. The van der Waals surface area contributed by atoms with Gasteiger partial charge in [0.1, 0.15) is 17.3 Å². The first kappa shape index (κ1) is 14.1. The summed E-state index contributed by atoms with van der Waals surface area (Å²) in [6, 6.07) is 8.22. The van der Waals surface area contributed by atoms with Crippen LogP contribution in [0.4, 0.5) is 10.1 Å². The minimum absolute atomic E-state index is 0.0383. The number of hydrogen-bond acceptors (Lipinski definition) is 3. The van der Waals surface area contributed by atoms with Crippen molar-refractivity contribution in [3.8, 4) is 11.5 Å². The lowest BCUT2D eigenvalue weighted by atomic mass is 10.1. The highest BCUT2D eigenvalue weighted by Gasteiger charge is 2.16. The monoisotopic (exact) mass is 295 g/mol. The number of amides is 1. The number of rotatable bonds is 3. The standard InChI is InChI=1S/C14H11ClFNO3/c1-20-8-5-6-12(18)9(7-8)14(19)17-13-10(15)3-2-4-11(13)16/h2-7,18H,1H3,(H,17,19). The molecule has 0 aromatic heterocycles. The van der Waals surface area contributed by atoms with Crippen LogP contribution in [0.5, 0.6) is 11.5 Å². The average molecular weight is 296 g/mol. The Morgan fingerprint density at radius 2 is 2.10 bits per heavy atom. The number of ether oxygens (including phenoxy) is 1. The molecule has 0 fully saturated rings. The maximum Gasteiger partial charge on any atom is 0.259 e. The smallest absolute Gasteiger partial charge is 0.259 e. The van der Waals surface area contributed by atoms with Crippen LogP contribution in [0.2, 0.25) is 5.02 Å². The molecule has 0 radical (unpaired) electrons. The molecule has 0 aliphatic heterocycles. The Morgan fingerprint density at radius 1 is 1.35 bits per heavy atom. The number of phenols is 1. The highest BCUT2D eigenvalue weighted by Crippen LogP contribution is 2.28. The molecule has 1 amide bonds. The number of para-hydroxylation sites is 1. The van der Waals surface area contributed by atoms with Gasteiger partial charge in [0.05, 0.1) is 23.4 Å². The van der Waals surface area contributed by atoms with Gasteiger partial charge in [-0.1, -0.05) is 17.7 Å². The van der Waals surface area contributed by atoms with Crippen LogP contribution in [0, 0.1) is 5.82 Å². The zero-order chi connectivity index (χ0) is 14.7. The molecule has 20 heavy (non-hydrogen) atoms. The molecule has 2 rings (SSSR count). The van der Waals surface area contributed by atoms with Gasteiger partial charge in [-0.3, -0.25) is 4.79 Å². The summed E-state index contributed by atoms with van der Waals surface area (Å²) >= 11 is 5.82. The Bertz CT molecular complexity index is 641. The van der Waals surface area contributed by atoms with Gasteiger partial charge in [0, 0.05) is 0 Å². The number of hydrogen-bond donors (Lipinski definition) is 2. The van der Waals surface area contributed by atoms with E-state index in [1.165, 1.54) is 43.5 Å². The number of benzene rings is 2. The van der Waals surface area contributed by atoms with Crippen LogP contribution in [0.15, 0.2) is 36.4 Å². The molecule has 4 nitrogen and oxygen atoms in total. The third-order valence-electron chi connectivity index (χ3n) is 2.65. The molecule has 2 aromatic carbocycles. The first-order valence-electron chi connectivity index (χ1n) is 5.65. The maximum atomic E-state index is 13.6. The molecule has 0 atom stereocenters. The van der Waals surface area contributed by atoms with Crippen molar-refractivity contribution in [3.63, 3.8) is 0 Å². The molecule has 0 saturated heterocycles. The van der Waals surface area contributed by atoms with E-state index in [0.717, 1.165) is 0 Å². The van der Waals surface area contributed by atoms with Crippen LogP contribution in [-0.2, 0) is 0 Å². The molecule has 0 spiro atoms. The topological polar surface area (TPSA) is 58.6 Å². The predicted octanol–water partition coefficient (Wildman–Crippen LogP) is 3.45. The number of halogens is 2. The Morgan fingerprint density at radius 3 is 2.75 bits per heavy atom. The van der Waals surface area contributed by atoms with E-state index >= 15 is 0 Å². The predicted molar refractivity (Wildman–Crippen MR) is 74.0 cm³/mol. The molecule has 6 heteroatoms. The van der Waals surface area contributed by atoms with Crippen molar-refractivity contribution in [2.24, 2.45) is 0 Å². The van der Waals surface area contributed by atoms with Gasteiger partial charge in [-0.15, -0.1) is 0 Å². The Hall–Kier alpha value is -2.27. The van der Waals surface area contributed by atoms with Crippen LogP contribution in [0.1, 0.15) is 10.4 Å². The molecule has 0 saturated carbocycles. The molecule has 2 N–H and O–H groups in total. The van der Waals surface area contributed by atoms with Crippen molar-refractivity contribution in [1.82, 2.24) is 0 Å². The summed E-state index contributed by atoms with van der Waals surface area (Å²) in [6.07, 6.45) is 0. The quantitative estimate of drug-likeness (QED) is 0.912. The van der Waals surface area contributed by atoms with E-state index in [1.54, 1.807) is 0 Å². The van der Waals surface area contributed by atoms with Crippen molar-refractivity contribution in [3.05, 3.63) is 52.8 Å². The molecule has 0 aliphatic carbocycles. The van der Waals surface area contributed by atoms with Gasteiger partial charge in [0.15, 0.2) is 0 Å². The molecule has 0 aliphatic rings. The third kappa shape index (κ3) is 2.83. The molecule has 104 valence electrons. The first-order valence-corrected chi connectivity index (χ1v) is 6.03. The van der Waals surface area contributed by atoms with E-state index in [9.17, 15) is 14.3 Å². The Kier molecular flexibility index (Phi) is 4.10. The summed E-state index contributed by atoms with van der Waals surface area (Å²) in [5.74, 6) is -1.19. The molecule has 0 heterocycles. The van der Waals surface area contributed by atoms with Crippen molar-refractivity contribution >= 4 is 23.2 Å². The molecular formula is C14H11ClFNO3. The average Bonchev–Trinajstić information content (AvgIpc) is 2.43. The zero-order valence-electron chi connectivity index (χ0n) is 10.5. The van der Waals surface area contributed by atoms with Crippen molar-refractivity contribution < 1.29 is 19.0 Å². The number of carbonyl (C=O) groups excluding carboxylic acids is 1. The second-order valence-corrected chi connectivity index (χ2v) is 4.34. The molecule has 0 bridgehead atoms. The van der Waals surface area contributed by atoms with Crippen LogP contribution in [0.25, 0.3) is 0 Å². The van der Waals surface area contributed by atoms with Gasteiger partial charge in [-0.25, -0.2) is 4.39 Å². The summed E-state index contributed by atoms with van der Waals surface area (Å²) in [4.78, 5) is 12.1. The number of methoxy groups -OCH3 is 1. The van der Waals surface area contributed by atoms with Crippen molar-refractivity contribution in [2.75, 3.05) is 12.4 Å². The van der Waals surface area contributed by atoms with Crippen LogP contribution in [0.3, 0.4) is 0 Å². The summed E-state index contributed by atoms with van der Waals surface area (Å²) in [7, 11) is 1.43. The van der Waals surface area contributed by atoms with Crippen LogP contribution < -0.4 is 10.1 Å². The van der Waals surface area contributed by atoms with E-state index in [0.29, 0.717) is 5.75 Å². The Balaban J connectivity index is 2.33. The Labute approximate surface area is 119 Å². The number of anilines is 1. The van der Waals surface area contributed by atoms with Gasteiger partial charge < -0.3 is 15.2 Å². The molecule has 2 aromatic rings. The van der Waals surface area contributed by atoms with Crippen molar-refractivity contribution in [1.29, 1.82) is 0 Å². The largest absolute Gasteiger partial charge is 0.507 e. The van der Waals surface area contributed by atoms with E-state index in [-0.39, 0.29) is 22.0 Å². The van der Waals surface area contributed by atoms with Crippen LogP contribution in [-0.4, -0.2) is 18.1 Å². The lowest BCUT2D eigenvalue weighted by Gasteiger charge is -2.10. The van der Waals surface area contributed by atoms with Gasteiger partial charge in [-0.2, -0.15) is 0 Å². The summed E-state index contributed by atoms with van der Waals surface area (Å²) < 4.78 is 18.6. The summed E-state index contributed by atoms with van der Waals surface area (Å²) in [5, 5.41) is 12.1. The van der Waals surface area contributed by atoms with E-state index in [2.05, 4.69) is 5.32 Å². The third-order valence-corrected chi connectivity index (χ3v) is 2.96. The van der Waals surface area contributed by atoms with Gasteiger partial charge >= 0.3 is 0 Å². The number of phenolic OH excluding ortho intramolecular Hbond substituents is 1. The zero-order valence-corrected chi connectivity index (χ0v) is 11.2. The number of aromatic hydroxyl groups is 1. The van der Waals surface area contributed by atoms with Crippen LogP contribution >= 0.6 is 11.6 Å². The number of nitrogens with one attached hydrogen (secondary N) is 1. The second kappa shape index (κ2) is 5.79. The van der Waals surface area contributed by atoms with Gasteiger partial charge in [-0.05, 0) is 30.3 Å². The minimum atomic E-state index is -0.687. The minimum Gasteiger partial charge on any atom is -0.507 e. The molecular weight excluding hydrogens is 285 g/mol. The SMILES string of the molecule is COc1ccc(O)c(C(=O)Nc2c(F)cccc2Cl)c1. The van der Waals surface area contributed by atoms with E-state index in [4.69, 9.17) is 16.3 Å². The number of carbonyl (C=O) groups is 1. The van der Waals surface area contributed by atoms with Gasteiger partial charge in [0.2, 0.25) is 0 Å². The lowest BCUT2D eigenvalue weighted by molar-refractivity contribution is 0.102. The highest BCUT2D eigenvalue weighted by molar-refractivity contribution is 6.34. The fourth-order valence-corrected chi connectivity index (χ4v) is 1.83. The maximum absolute atomic E-state index is 13.6.